The predicted molar refractivity (Wildman–Crippen MR) is 86.3 cm³/mol. The third-order valence-corrected chi connectivity index (χ3v) is 5.22. The van der Waals surface area contributed by atoms with Crippen LogP contribution in [0.3, 0.4) is 0 Å². The van der Waals surface area contributed by atoms with Crippen molar-refractivity contribution in [1.82, 2.24) is 10.2 Å². The Morgan fingerprint density at radius 3 is 2.57 bits per heavy atom. The molecule has 118 valence electrons. The second kappa shape index (κ2) is 6.46. The van der Waals surface area contributed by atoms with E-state index in [1.54, 1.807) is 11.3 Å². The second-order valence-corrected chi connectivity index (χ2v) is 7.69. The van der Waals surface area contributed by atoms with Crippen molar-refractivity contribution in [3.05, 3.63) is 22.4 Å². The molecule has 1 amide bonds. The molecule has 1 saturated heterocycles. The van der Waals surface area contributed by atoms with Crippen molar-refractivity contribution >= 4 is 17.2 Å². The van der Waals surface area contributed by atoms with E-state index in [4.69, 9.17) is 0 Å². The molecular weight excluding hydrogens is 284 g/mol. The highest BCUT2D eigenvalue weighted by Gasteiger charge is 2.44. The van der Waals surface area contributed by atoms with Crippen LogP contribution in [0.1, 0.15) is 38.6 Å². The number of hydrogen-bond acceptors (Lipinski definition) is 4. The summed E-state index contributed by atoms with van der Waals surface area (Å²) >= 11 is 1.68. The topological polar surface area (TPSA) is 52.6 Å². The van der Waals surface area contributed by atoms with Gasteiger partial charge in [-0.15, -0.1) is 11.3 Å². The maximum Gasteiger partial charge on any atom is 0.234 e. The van der Waals surface area contributed by atoms with E-state index in [-0.39, 0.29) is 17.9 Å². The van der Waals surface area contributed by atoms with E-state index in [0.717, 1.165) is 0 Å². The number of rotatable bonds is 6. The van der Waals surface area contributed by atoms with E-state index in [1.807, 2.05) is 30.2 Å². The molecule has 2 heterocycles. The predicted octanol–water partition coefficient (Wildman–Crippen LogP) is 2.26. The van der Waals surface area contributed by atoms with Gasteiger partial charge < -0.3 is 10.4 Å². The lowest BCUT2D eigenvalue weighted by atomic mass is 9.83. The fourth-order valence-corrected chi connectivity index (χ4v) is 3.61. The van der Waals surface area contributed by atoms with Crippen molar-refractivity contribution in [2.24, 2.45) is 11.8 Å². The summed E-state index contributed by atoms with van der Waals surface area (Å²) < 4.78 is 0. The summed E-state index contributed by atoms with van der Waals surface area (Å²) in [6.45, 7) is 9.81. The van der Waals surface area contributed by atoms with Crippen molar-refractivity contribution in [3.8, 4) is 0 Å². The first-order valence-electron chi connectivity index (χ1n) is 7.59. The Bertz CT molecular complexity index is 465. The van der Waals surface area contributed by atoms with Gasteiger partial charge in [-0.25, -0.2) is 0 Å². The largest absolute Gasteiger partial charge is 0.387 e. The van der Waals surface area contributed by atoms with Crippen LogP contribution in [0.15, 0.2) is 17.5 Å². The third kappa shape index (κ3) is 3.84. The second-order valence-electron chi connectivity index (χ2n) is 6.71. The number of amides is 1. The third-order valence-electron chi connectivity index (χ3n) is 4.27. The number of hydrogen-bond donors (Lipinski definition) is 2. The summed E-state index contributed by atoms with van der Waals surface area (Å²) in [5, 5.41) is 15.4. The maximum atomic E-state index is 12.2. The van der Waals surface area contributed by atoms with Crippen molar-refractivity contribution in [3.63, 3.8) is 0 Å². The lowest BCUT2D eigenvalue weighted by molar-refractivity contribution is -0.143. The van der Waals surface area contributed by atoms with Gasteiger partial charge in [0.15, 0.2) is 0 Å². The van der Waals surface area contributed by atoms with E-state index >= 15 is 0 Å². The molecule has 2 N–H and O–H groups in total. The van der Waals surface area contributed by atoms with Crippen LogP contribution in [0.25, 0.3) is 0 Å². The average molecular weight is 310 g/mol. The van der Waals surface area contributed by atoms with Crippen molar-refractivity contribution in [1.29, 1.82) is 0 Å². The molecule has 0 aliphatic carbocycles. The number of likely N-dealkylation sites (tertiary alicyclic amines) is 1. The number of carbonyl (C=O) groups is 1. The van der Waals surface area contributed by atoms with E-state index in [2.05, 4.69) is 25.2 Å². The summed E-state index contributed by atoms with van der Waals surface area (Å²) in [6.07, 6.45) is 0. The molecule has 0 bridgehead atoms. The molecule has 1 aromatic rings. The molecule has 21 heavy (non-hydrogen) atoms. The Morgan fingerprint density at radius 1 is 1.43 bits per heavy atom. The van der Waals surface area contributed by atoms with Crippen LogP contribution in [0, 0.1) is 11.8 Å². The maximum absolute atomic E-state index is 12.2. The van der Waals surface area contributed by atoms with Crippen LogP contribution >= 0.6 is 11.3 Å². The summed E-state index contributed by atoms with van der Waals surface area (Å²) in [6, 6.07) is 4.15. The van der Waals surface area contributed by atoms with Crippen molar-refractivity contribution in [2.75, 3.05) is 19.6 Å². The molecule has 1 unspecified atom stereocenters. The Balaban J connectivity index is 1.85. The van der Waals surface area contributed by atoms with Crippen molar-refractivity contribution in [2.45, 2.75) is 39.3 Å². The molecule has 1 aromatic heterocycles. The van der Waals surface area contributed by atoms with E-state index < -0.39 is 5.60 Å². The van der Waals surface area contributed by atoms with Gasteiger partial charge in [0.25, 0.3) is 0 Å². The number of aliphatic hydroxyl groups is 1. The minimum atomic E-state index is -0.620. The molecule has 5 heteroatoms. The minimum absolute atomic E-state index is 0.0351. The highest BCUT2D eigenvalue weighted by atomic mass is 32.1. The fraction of sp³-hybridized carbons (Fsp3) is 0.688. The lowest BCUT2D eigenvalue weighted by Crippen LogP contribution is -2.65. The Hall–Kier alpha value is -0.910. The molecule has 0 spiro atoms. The first-order chi connectivity index (χ1) is 9.82. The van der Waals surface area contributed by atoms with Gasteiger partial charge in [0.05, 0.1) is 18.2 Å². The van der Waals surface area contributed by atoms with Crippen LogP contribution in [0.2, 0.25) is 0 Å². The minimum Gasteiger partial charge on any atom is -0.387 e. The van der Waals surface area contributed by atoms with Gasteiger partial charge in [-0.2, -0.15) is 0 Å². The molecule has 0 aromatic carbocycles. The van der Waals surface area contributed by atoms with Gasteiger partial charge in [-0.3, -0.25) is 9.69 Å². The van der Waals surface area contributed by atoms with Gasteiger partial charge in [0.2, 0.25) is 5.91 Å². The SMILES string of the molecule is CC(C)C(NC(=O)CN1CC(O)(C(C)C)C1)c1cccs1. The summed E-state index contributed by atoms with van der Waals surface area (Å²) in [7, 11) is 0. The van der Waals surface area contributed by atoms with E-state index in [9.17, 15) is 9.90 Å². The Morgan fingerprint density at radius 2 is 2.10 bits per heavy atom. The molecule has 0 saturated carbocycles. The Labute approximate surface area is 131 Å². The van der Waals surface area contributed by atoms with Crippen LogP contribution < -0.4 is 5.32 Å². The number of nitrogens with one attached hydrogen (secondary N) is 1. The smallest absolute Gasteiger partial charge is 0.234 e. The molecule has 2 rings (SSSR count). The van der Waals surface area contributed by atoms with E-state index in [1.165, 1.54) is 4.88 Å². The summed E-state index contributed by atoms with van der Waals surface area (Å²) in [5.74, 6) is 0.621. The zero-order chi connectivity index (χ0) is 15.6. The molecule has 4 nitrogen and oxygen atoms in total. The van der Waals surface area contributed by atoms with Gasteiger partial charge in [0.1, 0.15) is 0 Å². The first-order valence-corrected chi connectivity index (χ1v) is 8.47. The standard InChI is InChI=1S/C16H26N2O2S/c1-11(2)15(13-6-5-7-21-13)17-14(19)8-18-9-16(20,10-18)12(3)4/h5-7,11-12,15,20H,8-10H2,1-4H3,(H,17,19). The highest BCUT2D eigenvalue weighted by molar-refractivity contribution is 7.10. The van der Waals surface area contributed by atoms with Gasteiger partial charge in [0, 0.05) is 18.0 Å². The summed E-state index contributed by atoms with van der Waals surface area (Å²) in [4.78, 5) is 15.4. The number of carbonyl (C=O) groups excluding carboxylic acids is 1. The molecule has 1 fully saturated rings. The van der Waals surface area contributed by atoms with Crippen molar-refractivity contribution < 1.29 is 9.90 Å². The highest BCUT2D eigenvalue weighted by Crippen LogP contribution is 2.29. The number of β-amino-alcohol motifs (C(OH)–C–C–N with tert-alkyl or cyclic N) is 1. The normalized spacial score (nSPS) is 19.6. The molecular formula is C16H26N2O2S. The molecule has 0 radical (unpaired) electrons. The van der Waals surface area contributed by atoms with Crippen LogP contribution in [-0.2, 0) is 4.79 Å². The van der Waals surface area contributed by atoms with Crippen LogP contribution in [-0.4, -0.2) is 41.1 Å². The average Bonchev–Trinajstić information content (AvgIpc) is 2.86. The fourth-order valence-electron chi connectivity index (χ4n) is 2.66. The van der Waals surface area contributed by atoms with Crippen LogP contribution in [0.5, 0.6) is 0 Å². The summed E-state index contributed by atoms with van der Waals surface area (Å²) in [5.41, 5.74) is -0.620. The molecule has 1 aliphatic heterocycles. The van der Waals surface area contributed by atoms with E-state index in [0.29, 0.717) is 25.6 Å². The number of nitrogens with zero attached hydrogens (tertiary/aromatic N) is 1. The molecule has 1 aliphatic rings. The quantitative estimate of drug-likeness (QED) is 0.847. The number of thiophene rings is 1. The monoisotopic (exact) mass is 310 g/mol. The Kier molecular flexibility index (Phi) is 5.07. The lowest BCUT2D eigenvalue weighted by Gasteiger charge is -2.48. The van der Waals surface area contributed by atoms with Gasteiger partial charge in [-0.1, -0.05) is 33.8 Å². The first kappa shape index (κ1) is 16.5. The zero-order valence-corrected chi connectivity index (χ0v) is 14.1. The zero-order valence-electron chi connectivity index (χ0n) is 13.3. The van der Waals surface area contributed by atoms with Gasteiger partial charge in [-0.05, 0) is 23.3 Å². The molecule has 1 atom stereocenters. The van der Waals surface area contributed by atoms with Gasteiger partial charge >= 0.3 is 0 Å². The van der Waals surface area contributed by atoms with Crippen LogP contribution in [0.4, 0.5) is 0 Å².